The second kappa shape index (κ2) is 16.1. The fourth-order valence-corrected chi connectivity index (χ4v) is 6.98. The van der Waals surface area contributed by atoms with Gasteiger partial charge in [0.1, 0.15) is 11.6 Å². The molecule has 5 rings (SSSR count). The molecule has 2 aromatic carbocycles. The molecule has 1 atom stereocenters. The maximum Gasteiger partial charge on any atom is 0.340 e. The van der Waals surface area contributed by atoms with Crippen LogP contribution in [0.25, 0.3) is 11.1 Å². The van der Waals surface area contributed by atoms with E-state index in [4.69, 9.17) is 19.2 Å². The second-order valence-electron chi connectivity index (χ2n) is 16.1. The van der Waals surface area contributed by atoms with Crippen LogP contribution in [0, 0.1) is 18.2 Å². The standard InChI is InChI=1S/C43H57FN2O4/c1-29(2)49-41(47)40(50-42(4,5)6)37-30(3)45-36(28-32-12-10-9-11-13-32)38(39(37)46-25-23-43(7,8)24-26-46)33-16-20-35(21-17-33)48-27-22-31-14-18-34(44)19-15-31/h12,14-21,29,40H,9-11,13,22-28H2,1-8H3/t40-/m0/s1. The molecular formula is C43H57FN2O4. The van der Waals surface area contributed by atoms with Crippen LogP contribution in [-0.2, 0) is 27.1 Å². The van der Waals surface area contributed by atoms with E-state index in [-0.39, 0.29) is 17.3 Å². The lowest BCUT2D eigenvalue weighted by Gasteiger charge is -2.41. The normalized spacial score (nSPS) is 17.0. The smallest absolute Gasteiger partial charge is 0.340 e. The van der Waals surface area contributed by atoms with Gasteiger partial charge in [-0.15, -0.1) is 0 Å². The zero-order valence-corrected chi connectivity index (χ0v) is 31.5. The van der Waals surface area contributed by atoms with E-state index in [0.717, 1.165) is 90.3 Å². The van der Waals surface area contributed by atoms with Crippen LogP contribution in [0.4, 0.5) is 10.1 Å². The molecule has 6 nitrogen and oxygen atoms in total. The zero-order chi connectivity index (χ0) is 36.1. The van der Waals surface area contributed by atoms with E-state index < -0.39 is 17.7 Å². The highest BCUT2D eigenvalue weighted by atomic mass is 19.1. The fraction of sp³-hybridized carbons (Fsp3) is 0.535. The number of rotatable bonds is 12. The SMILES string of the molecule is Cc1nc(CC2=CCCCC2)c(-c2ccc(OCCc3ccc(F)cc3)cc2)c(N2CCC(C)(C)CC2)c1[C@H](OC(C)(C)C)C(=O)OC(C)C. The third-order valence-corrected chi connectivity index (χ3v) is 9.70. The summed E-state index contributed by atoms with van der Waals surface area (Å²) in [4.78, 5) is 21.8. The Morgan fingerprint density at radius 1 is 1.00 bits per heavy atom. The number of anilines is 1. The molecule has 270 valence electrons. The van der Waals surface area contributed by atoms with Crippen LogP contribution in [0.15, 0.2) is 60.2 Å². The van der Waals surface area contributed by atoms with Crippen LogP contribution in [0.3, 0.4) is 0 Å². The first kappa shape index (κ1) is 37.5. The summed E-state index contributed by atoms with van der Waals surface area (Å²) >= 11 is 0. The Labute approximate surface area is 299 Å². The lowest BCUT2D eigenvalue weighted by atomic mass is 9.81. The Kier molecular flexibility index (Phi) is 12.1. The number of ether oxygens (including phenoxy) is 3. The first-order valence-electron chi connectivity index (χ1n) is 18.5. The van der Waals surface area contributed by atoms with Crippen molar-refractivity contribution < 1.29 is 23.4 Å². The third kappa shape index (κ3) is 9.96. The largest absolute Gasteiger partial charge is 0.493 e. The Balaban J connectivity index is 1.63. The van der Waals surface area contributed by atoms with Gasteiger partial charge in [0, 0.05) is 42.8 Å². The Morgan fingerprint density at radius 3 is 2.28 bits per heavy atom. The van der Waals surface area contributed by atoms with Gasteiger partial charge in [0.25, 0.3) is 0 Å². The van der Waals surface area contributed by atoms with Gasteiger partial charge in [-0.1, -0.05) is 49.8 Å². The highest BCUT2D eigenvalue weighted by Gasteiger charge is 2.38. The predicted molar refractivity (Wildman–Crippen MR) is 200 cm³/mol. The van der Waals surface area contributed by atoms with E-state index in [1.54, 1.807) is 12.1 Å². The summed E-state index contributed by atoms with van der Waals surface area (Å²) in [6, 6.07) is 14.8. The Bertz CT molecular complexity index is 1630. The summed E-state index contributed by atoms with van der Waals surface area (Å²) in [5, 5.41) is 0. The van der Waals surface area contributed by atoms with Crippen molar-refractivity contribution in [2.24, 2.45) is 5.41 Å². The van der Waals surface area contributed by atoms with E-state index in [9.17, 15) is 9.18 Å². The van der Waals surface area contributed by atoms with Gasteiger partial charge in [-0.25, -0.2) is 9.18 Å². The summed E-state index contributed by atoms with van der Waals surface area (Å²) in [7, 11) is 0. The van der Waals surface area contributed by atoms with Crippen molar-refractivity contribution in [1.29, 1.82) is 0 Å². The molecule has 1 fully saturated rings. The van der Waals surface area contributed by atoms with Gasteiger partial charge in [0.05, 0.1) is 29.7 Å². The molecule has 3 aromatic rings. The molecule has 0 amide bonds. The van der Waals surface area contributed by atoms with Crippen LogP contribution >= 0.6 is 0 Å². The molecule has 1 aromatic heterocycles. The van der Waals surface area contributed by atoms with Gasteiger partial charge in [0.15, 0.2) is 6.10 Å². The average molecular weight is 685 g/mol. The van der Waals surface area contributed by atoms with Crippen molar-refractivity contribution in [3.8, 4) is 16.9 Å². The minimum atomic E-state index is -0.939. The van der Waals surface area contributed by atoms with Crippen LogP contribution < -0.4 is 9.64 Å². The summed E-state index contributed by atoms with van der Waals surface area (Å²) in [5.74, 6) is 0.138. The number of aryl methyl sites for hydroxylation is 1. The minimum Gasteiger partial charge on any atom is -0.493 e. The zero-order valence-electron chi connectivity index (χ0n) is 31.5. The van der Waals surface area contributed by atoms with Gasteiger partial charge in [-0.05, 0) is 121 Å². The predicted octanol–water partition coefficient (Wildman–Crippen LogP) is 10.3. The third-order valence-electron chi connectivity index (χ3n) is 9.70. The number of nitrogens with zero attached hydrogens (tertiary/aromatic N) is 2. The maximum absolute atomic E-state index is 14.0. The van der Waals surface area contributed by atoms with Crippen molar-refractivity contribution in [3.63, 3.8) is 0 Å². The van der Waals surface area contributed by atoms with Crippen molar-refractivity contribution in [2.45, 2.75) is 125 Å². The highest BCUT2D eigenvalue weighted by Crippen LogP contribution is 2.46. The monoisotopic (exact) mass is 684 g/mol. The molecule has 1 aliphatic carbocycles. The fourth-order valence-electron chi connectivity index (χ4n) is 6.98. The van der Waals surface area contributed by atoms with Crippen LogP contribution in [0.5, 0.6) is 5.75 Å². The van der Waals surface area contributed by atoms with Crippen molar-refractivity contribution in [1.82, 2.24) is 4.98 Å². The van der Waals surface area contributed by atoms with E-state index in [1.165, 1.54) is 30.5 Å². The number of hydrogen-bond donors (Lipinski definition) is 0. The van der Waals surface area contributed by atoms with Crippen molar-refractivity contribution in [2.75, 3.05) is 24.6 Å². The molecule has 50 heavy (non-hydrogen) atoms. The molecule has 2 aliphatic rings. The molecule has 0 spiro atoms. The van der Waals surface area contributed by atoms with E-state index in [2.05, 4.69) is 37.0 Å². The number of piperidine rings is 1. The van der Waals surface area contributed by atoms with Crippen LogP contribution in [0.1, 0.15) is 116 Å². The number of hydrogen-bond acceptors (Lipinski definition) is 6. The molecule has 7 heteroatoms. The number of halogens is 1. The second-order valence-corrected chi connectivity index (χ2v) is 16.1. The molecule has 0 N–H and O–H groups in total. The molecule has 2 heterocycles. The molecule has 1 aliphatic heterocycles. The highest BCUT2D eigenvalue weighted by molar-refractivity contribution is 5.89. The summed E-state index contributed by atoms with van der Waals surface area (Å²) in [5.41, 5.74) is 7.81. The number of benzene rings is 2. The number of aromatic nitrogens is 1. The van der Waals surface area contributed by atoms with Gasteiger partial charge in [-0.2, -0.15) is 0 Å². The topological polar surface area (TPSA) is 60.9 Å². The molecule has 1 saturated heterocycles. The molecule has 0 bridgehead atoms. The van der Waals surface area contributed by atoms with Gasteiger partial charge in [-0.3, -0.25) is 4.98 Å². The summed E-state index contributed by atoms with van der Waals surface area (Å²) < 4.78 is 32.0. The van der Waals surface area contributed by atoms with Crippen LogP contribution in [-0.4, -0.2) is 42.4 Å². The molecule has 0 radical (unpaired) electrons. The van der Waals surface area contributed by atoms with Gasteiger partial charge < -0.3 is 19.1 Å². The first-order valence-corrected chi connectivity index (χ1v) is 18.5. The van der Waals surface area contributed by atoms with Crippen molar-refractivity contribution >= 4 is 11.7 Å². The minimum absolute atomic E-state index is 0.236. The first-order chi connectivity index (χ1) is 23.7. The van der Waals surface area contributed by atoms with E-state index in [0.29, 0.717) is 13.0 Å². The van der Waals surface area contributed by atoms with Gasteiger partial charge >= 0.3 is 5.97 Å². The average Bonchev–Trinajstić information content (AvgIpc) is 3.05. The Morgan fingerprint density at radius 2 is 1.68 bits per heavy atom. The van der Waals surface area contributed by atoms with Crippen LogP contribution in [0.2, 0.25) is 0 Å². The maximum atomic E-state index is 14.0. The van der Waals surface area contributed by atoms with Crippen molar-refractivity contribution in [3.05, 3.63) is 88.5 Å². The number of allylic oxidation sites excluding steroid dienone is 2. The molecular weight excluding hydrogens is 627 g/mol. The summed E-state index contributed by atoms with van der Waals surface area (Å²) in [6.07, 6.45) is 9.29. The van der Waals surface area contributed by atoms with E-state index in [1.807, 2.05) is 53.7 Å². The number of carbonyl (C=O) groups is 1. The summed E-state index contributed by atoms with van der Waals surface area (Å²) in [6.45, 7) is 18.6. The quantitative estimate of drug-likeness (QED) is 0.140. The number of pyridine rings is 1. The van der Waals surface area contributed by atoms with E-state index >= 15 is 0 Å². The lowest BCUT2D eigenvalue weighted by Crippen LogP contribution is -2.39. The Hall–Kier alpha value is -3.71. The lowest BCUT2D eigenvalue weighted by molar-refractivity contribution is -0.171. The number of esters is 1. The number of carbonyl (C=O) groups excluding carboxylic acids is 1. The molecule has 0 unspecified atom stereocenters. The molecule has 0 saturated carbocycles. The van der Waals surface area contributed by atoms with Gasteiger partial charge in [0.2, 0.25) is 0 Å².